The summed E-state index contributed by atoms with van der Waals surface area (Å²) >= 11 is 0. The van der Waals surface area contributed by atoms with Crippen LogP contribution in [0.3, 0.4) is 0 Å². The molecule has 0 spiro atoms. The number of fused-ring (bicyclic) bond motifs is 3. The Balaban J connectivity index is 0.000000283. The SMILES string of the molecule is O=C(O)C(=O)O.O=C1c2cccc3c2[C@H](CCC3)CN1[C@@H]1CN2CCC1CC2. The maximum atomic E-state index is 13.1. The van der Waals surface area contributed by atoms with Crippen LogP contribution in [-0.4, -0.2) is 70.1 Å². The molecule has 4 aliphatic heterocycles. The predicted molar refractivity (Wildman–Crippen MR) is 101 cm³/mol. The lowest BCUT2D eigenvalue weighted by atomic mass is 9.75. The van der Waals surface area contributed by atoms with E-state index in [1.165, 1.54) is 49.9 Å². The van der Waals surface area contributed by atoms with E-state index in [2.05, 4.69) is 28.0 Å². The van der Waals surface area contributed by atoms with Gasteiger partial charge in [-0.25, -0.2) is 9.59 Å². The number of hydrogen-bond acceptors (Lipinski definition) is 4. The first kappa shape index (κ1) is 18.9. The van der Waals surface area contributed by atoms with Gasteiger partial charge in [-0.05, 0) is 68.3 Å². The maximum Gasteiger partial charge on any atom is 0.414 e. The molecular formula is C21H26N2O5. The summed E-state index contributed by atoms with van der Waals surface area (Å²) < 4.78 is 0. The van der Waals surface area contributed by atoms with E-state index in [0.29, 0.717) is 17.9 Å². The molecule has 150 valence electrons. The summed E-state index contributed by atoms with van der Waals surface area (Å²) in [5.41, 5.74) is 3.86. The van der Waals surface area contributed by atoms with E-state index in [-0.39, 0.29) is 0 Å². The summed E-state index contributed by atoms with van der Waals surface area (Å²) in [6.07, 6.45) is 6.27. The molecule has 3 saturated heterocycles. The summed E-state index contributed by atoms with van der Waals surface area (Å²) in [5, 5.41) is 14.8. The van der Waals surface area contributed by atoms with Gasteiger partial charge < -0.3 is 20.0 Å². The van der Waals surface area contributed by atoms with Gasteiger partial charge in [0, 0.05) is 30.6 Å². The summed E-state index contributed by atoms with van der Waals surface area (Å²) in [7, 11) is 0. The lowest BCUT2D eigenvalue weighted by Gasteiger charge is -2.51. The molecule has 2 N–H and O–H groups in total. The Morgan fingerprint density at radius 1 is 1.00 bits per heavy atom. The fourth-order valence-corrected chi connectivity index (χ4v) is 5.41. The molecule has 2 bridgehead atoms. The highest BCUT2D eigenvalue weighted by Gasteiger charge is 2.43. The first-order valence-electron chi connectivity index (χ1n) is 10.1. The Kier molecular flexibility index (Phi) is 5.10. The van der Waals surface area contributed by atoms with Crippen LogP contribution >= 0.6 is 0 Å². The topological polar surface area (TPSA) is 98.1 Å². The van der Waals surface area contributed by atoms with Gasteiger partial charge in [0.1, 0.15) is 0 Å². The van der Waals surface area contributed by atoms with Crippen molar-refractivity contribution in [2.45, 2.75) is 44.1 Å². The number of carboxylic acids is 2. The number of rotatable bonds is 1. The van der Waals surface area contributed by atoms with Crippen molar-refractivity contribution in [3.8, 4) is 0 Å². The van der Waals surface area contributed by atoms with Crippen LogP contribution in [0.4, 0.5) is 0 Å². The van der Waals surface area contributed by atoms with Crippen LogP contribution in [0.25, 0.3) is 0 Å². The lowest BCUT2D eigenvalue weighted by Crippen LogP contribution is -2.60. The number of piperidine rings is 3. The lowest BCUT2D eigenvalue weighted by molar-refractivity contribution is -0.159. The minimum absolute atomic E-state index is 0.314. The van der Waals surface area contributed by atoms with Gasteiger partial charge in [0.2, 0.25) is 0 Å². The number of aryl methyl sites for hydroxylation is 1. The fourth-order valence-electron chi connectivity index (χ4n) is 5.41. The van der Waals surface area contributed by atoms with Crippen LogP contribution in [0.15, 0.2) is 18.2 Å². The van der Waals surface area contributed by atoms with Crippen LogP contribution in [0, 0.1) is 5.92 Å². The van der Waals surface area contributed by atoms with Gasteiger partial charge in [-0.15, -0.1) is 0 Å². The molecule has 0 saturated carbocycles. The van der Waals surface area contributed by atoms with Crippen LogP contribution in [0.1, 0.15) is 53.1 Å². The molecule has 1 amide bonds. The van der Waals surface area contributed by atoms with Crippen molar-refractivity contribution in [2.75, 3.05) is 26.2 Å². The molecule has 6 rings (SSSR count). The van der Waals surface area contributed by atoms with Crippen molar-refractivity contribution in [2.24, 2.45) is 5.92 Å². The Morgan fingerprint density at radius 2 is 1.71 bits per heavy atom. The van der Waals surface area contributed by atoms with Gasteiger partial charge in [-0.2, -0.15) is 0 Å². The third-order valence-electron chi connectivity index (χ3n) is 6.72. The molecule has 1 aliphatic carbocycles. The number of hydrogen-bond donors (Lipinski definition) is 2. The molecule has 28 heavy (non-hydrogen) atoms. The van der Waals surface area contributed by atoms with Crippen molar-refractivity contribution in [1.82, 2.24) is 9.80 Å². The van der Waals surface area contributed by atoms with Crippen LogP contribution in [0.5, 0.6) is 0 Å². The molecule has 1 aromatic carbocycles. The molecule has 2 atom stereocenters. The third kappa shape index (κ3) is 3.39. The highest BCUT2D eigenvalue weighted by Crippen LogP contribution is 2.41. The van der Waals surface area contributed by atoms with E-state index in [1.807, 2.05) is 0 Å². The number of amides is 1. The smallest absolute Gasteiger partial charge is 0.414 e. The molecule has 7 nitrogen and oxygen atoms in total. The van der Waals surface area contributed by atoms with Crippen molar-refractivity contribution in [1.29, 1.82) is 0 Å². The Bertz CT molecular complexity index is 788. The van der Waals surface area contributed by atoms with Gasteiger partial charge >= 0.3 is 11.9 Å². The standard InChI is InChI=1S/C19H24N2O.C2H2O4/c22-19-16-6-2-4-14-3-1-5-15(18(14)16)11-21(19)17-12-20-9-7-13(17)8-10-20;3-1(4)2(5)6/h2,4,6,13,15,17H,1,3,5,7-12H2;(H,3,4)(H,5,6)/t15-,17-;/m1./s1. The Morgan fingerprint density at radius 3 is 2.32 bits per heavy atom. The Labute approximate surface area is 163 Å². The van der Waals surface area contributed by atoms with Crippen molar-refractivity contribution < 1.29 is 24.6 Å². The minimum Gasteiger partial charge on any atom is -0.473 e. The summed E-state index contributed by atoms with van der Waals surface area (Å²) in [5.74, 6) is -2.01. The van der Waals surface area contributed by atoms with E-state index < -0.39 is 11.9 Å². The highest BCUT2D eigenvalue weighted by molar-refractivity contribution is 6.27. The first-order valence-corrected chi connectivity index (χ1v) is 10.1. The molecule has 0 radical (unpaired) electrons. The zero-order chi connectivity index (χ0) is 19.8. The second-order valence-electron chi connectivity index (χ2n) is 8.24. The zero-order valence-corrected chi connectivity index (χ0v) is 15.8. The summed E-state index contributed by atoms with van der Waals surface area (Å²) in [6, 6.07) is 6.87. The quantitative estimate of drug-likeness (QED) is 0.715. The number of carbonyl (C=O) groups is 3. The number of carboxylic acid groups (broad SMARTS) is 2. The largest absolute Gasteiger partial charge is 0.473 e. The number of carbonyl (C=O) groups excluding carboxylic acids is 1. The van der Waals surface area contributed by atoms with E-state index in [0.717, 1.165) is 31.0 Å². The highest BCUT2D eigenvalue weighted by atomic mass is 16.4. The predicted octanol–water partition coefficient (Wildman–Crippen LogP) is 1.81. The van der Waals surface area contributed by atoms with Gasteiger partial charge in [-0.3, -0.25) is 4.79 Å². The van der Waals surface area contributed by atoms with Crippen molar-refractivity contribution in [3.63, 3.8) is 0 Å². The zero-order valence-electron chi connectivity index (χ0n) is 15.8. The molecule has 7 heteroatoms. The van der Waals surface area contributed by atoms with Gasteiger partial charge in [-0.1, -0.05) is 12.1 Å². The fraction of sp³-hybridized carbons (Fsp3) is 0.571. The van der Waals surface area contributed by atoms with E-state index >= 15 is 0 Å². The molecular weight excluding hydrogens is 360 g/mol. The number of aliphatic carboxylic acids is 2. The molecule has 3 fully saturated rings. The minimum atomic E-state index is -1.82. The average Bonchev–Trinajstić information content (AvgIpc) is 2.72. The molecule has 5 aliphatic rings. The first-order chi connectivity index (χ1) is 13.5. The summed E-state index contributed by atoms with van der Waals surface area (Å²) in [6.45, 7) is 4.57. The van der Waals surface area contributed by atoms with Crippen LogP contribution in [0.2, 0.25) is 0 Å². The van der Waals surface area contributed by atoms with Gasteiger partial charge in [0.05, 0.1) is 0 Å². The normalized spacial score (nSPS) is 30.1. The van der Waals surface area contributed by atoms with E-state index in [9.17, 15) is 4.79 Å². The summed E-state index contributed by atoms with van der Waals surface area (Å²) in [4.78, 5) is 36.2. The van der Waals surface area contributed by atoms with Gasteiger partial charge in [0.25, 0.3) is 5.91 Å². The van der Waals surface area contributed by atoms with E-state index in [4.69, 9.17) is 19.8 Å². The second kappa shape index (κ2) is 7.54. The van der Waals surface area contributed by atoms with Crippen molar-refractivity contribution >= 4 is 17.8 Å². The van der Waals surface area contributed by atoms with Crippen LogP contribution < -0.4 is 0 Å². The molecule has 1 aromatic rings. The second-order valence-corrected chi connectivity index (χ2v) is 8.24. The number of benzene rings is 1. The maximum absolute atomic E-state index is 13.1. The van der Waals surface area contributed by atoms with Gasteiger partial charge in [0.15, 0.2) is 0 Å². The number of nitrogens with zero attached hydrogens (tertiary/aromatic N) is 2. The third-order valence-corrected chi connectivity index (χ3v) is 6.72. The molecule has 0 unspecified atom stereocenters. The van der Waals surface area contributed by atoms with E-state index in [1.54, 1.807) is 0 Å². The average molecular weight is 386 g/mol. The van der Waals surface area contributed by atoms with Crippen molar-refractivity contribution in [3.05, 3.63) is 34.9 Å². The monoisotopic (exact) mass is 386 g/mol. The molecule has 0 aromatic heterocycles. The van der Waals surface area contributed by atoms with Crippen LogP contribution in [-0.2, 0) is 16.0 Å². The molecule has 4 heterocycles. The Hall–Kier alpha value is -2.41.